The molecule has 1 amide bonds. The number of amides is 1. The maximum atomic E-state index is 12.9. The molecule has 114 valence electrons. The third kappa shape index (κ3) is 3.04. The van der Waals surface area contributed by atoms with E-state index >= 15 is 0 Å². The standard InChI is InChI=1S/C19H22N2O/c1-14(2)21(13-15-6-4-3-5-7-15)19(22)16-8-9-17-11-20-12-18(17)10-16/h3-10,14,20H,11-13H2,1-2H3. The van der Waals surface area contributed by atoms with Crippen LogP contribution in [0.2, 0.25) is 0 Å². The molecule has 3 heteroatoms. The molecule has 0 aliphatic carbocycles. The molecular weight excluding hydrogens is 272 g/mol. The fourth-order valence-electron chi connectivity index (χ4n) is 2.86. The summed E-state index contributed by atoms with van der Waals surface area (Å²) in [6.45, 7) is 6.54. The van der Waals surface area contributed by atoms with Crippen LogP contribution in [0.4, 0.5) is 0 Å². The second kappa shape index (κ2) is 6.32. The molecule has 0 bridgehead atoms. The van der Waals surface area contributed by atoms with Crippen molar-refractivity contribution in [1.82, 2.24) is 10.2 Å². The molecule has 0 saturated carbocycles. The Kier molecular flexibility index (Phi) is 4.25. The summed E-state index contributed by atoms with van der Waals surface area (Å²) in [5.74, 6) is 0.105. The third-order valence-corrected chi connectivity index (χ3v) is 4.16. The van der Waals surface area contributed by atoms with Crippen LogP contribution in [0.1, 0.15) is 40.9 Å². The van der Waals surface area contributed by atoms with Gasteiger partial charge >= 0.3 is 0 Å². The number of rotatable bonds is 4. The van der Waals surface area contributed by atoms with Crippen LogP contribution in [0, 0.1) is 0 Å². The van der Waals surface area contributed by atoms with Crippen molar-refractivity contribution in [3.63, 3.8) is 0 Å². The lowest BCUT2D eigenvalue weighted by Gasteiger charge is -2.27. The molecule has 0 radical (unpaired) electrons. The Hall–Kier alpha value is -2.13. The van der Waals surface area contributed by atoms with E-state index in [9.17, 15) is 4.79 Å². The van der Waals surface area contributed by atoms with Gasteiger partial charge in [-0.2, -0.15) is 0 Å². The Balaban J connectivity index is 1.83. The summed E-state index contributed by atoms with van der Waals surface area (Å²) in [4.78, 5) is 14.8. The Bertz CT molecular complexity index is 664. The van der Waals surface area contributed by atoms with E-state index in [0.717, 1.165) is 24.2 Å². The Labute approximate surface area is 132 Å². The lowest BCUT2D eigenvalue weighted by molar-refractivity contribution is 0.0690. The van der Waals surface area contributed by atoms with Gasteiger partial charge in [-0.25, -0.2) is 0 Å². The maximum absolute atomic E-state index is 12.9. The third-order valence-electron chi connectivity index (χ3n) is 4.16. The molecule has 0 atom stereocenters. The Morgan fingerprint density at radius 1 is 1.09 bits per heavy atom. The van der Waals surface area contributed by atoms with Gasteiger partial charge in [-0.15, -0.1) is 0 Å². The minimum absolute atomic E-state index is 0.105. The SMILES string of the molecule is CC(C)N(Cc1ccccc1)C(=O)c1ccc2c(c1)CNC2. The van der Waals surface area contributed by atoms with E-state index in [2.05, 4.69) is 37.4 Å². The van der Waals surface area contributed by atoms with Crippen LogP contribution in [-0.4, -0.2) is 16.8 Å². The van der Waals surface area contributed by atoms with Crippen LogP contribution in [0.15, 0.2) is 48.5 Å². The predicted molar refractivity (Wildman–Crippen MR) is 88.4 cm³/mol. The van der Waals surface area contributed by atoms with Crippen molar-refractivity contribution in [2.75, 3.05) is 0 Å². The van der Waals surface area contributed by atoms with E-state index in [1.54, 1.807) is 0 Å². The lowest BCUT2D eigenvalue weighted by Crippen LogP contribution is -2.36. The summed E-state index contributed by atoms with van der Waals surface area (Å²) < 4.78 is 0. The molecule has 3 nitrogen and oxygen atoms in total. The molecule has 1 aliphatic heterocycles. The Morgan fingerprint density at radius 3 is 2.55 bits per heavy atom. The largest absolute Gasteiger partial charge is 0.332 e. The van der Waals surface area contributed by atoms with Gasteiger partial charge in [0.15, 0.2) is 0 Å². The number of benzene rings is 2. The van der Waals surface area contributed by atoms with Gasteiger partial charge in [-0.3, -0.25) is 4.79 Å². The molecule has 3 rings (SSSR count). The first kappa shape index (κ1) is 14.8. The van der Waals surface area contributed by atoms with E-state index < -0.39 is 0 Å². The molecule has 1 heterocycles. The highest BCUT2D eigenvalue weighted by Gasteiger charge is 2.21. The number of carbonyl (C=O) groups is 1. The fourth-order valence-corrected chi connectivity index (χ4v) is 2.86. The van der Waals surface area contributed by atoms with E-state index in [1.807, 2.05) is 35.2 Å². The average molecular weight is 294 g/mol. The molecule has 1 N–H and O–H groups in total. The van der Waals surface area contributed by atoms with Gasteiger partial charge in [0.1, 0.15) is 0 Å². The van der Waals surface area contributed by atoms with Gasteiger partial charge in [-0.1, -0.05) is 36.4 Å². The van der Waals surface area contributed by atoms with Crippen molar-refractivity contribution in [1.29, 1.82) is 0 Å². The zero-order valence-corrected chi connectivity index (χ0v) is 13.2. The molecule has 0 unspecified atom stereocenters. The zero-order chi connectivity index (χ0) is 15.5. The molecule has 0 spiro atoms. The number of fused-ring (bicyclic) bond motifs is 1. The van der Waals surface area contributed by atoms with Gasteiger partial charge in [0.05, 0.1) is 0 Å². The first-order chi connectivity index (χ1) is 10.6. The lowest BCUT2D eigenvalue weighted by atomic mass is 10.0. The maximum Gasteiger partial charge on any atom is 0.254 e. The number of carbonyl (C=O) groups excluding carboxylic acids is 1. The van der Waals surface area contributed by atoms with Gasteiger partial charge in [-0.05, 0) is 42.7 Å². The Morgan fingerprint density at radius 2 is 1.82 bits per heavy atom. The molecule has 22 heavy (non-hydrogen) atoms. The first-order valence-corrected chi connectivity index (χ1v) is 7.82. The molecule has 1 aliphatic rings. The highest BCUT2D eigenvalue weighted by Crippen LogP contribution is 2.20. The molecule has 0 aromatic heterocycles. The van der Waals surface area contributed by atoms with E-state index in [4.69, 9.17) is 0 Å². The monoisotopic (exact) mass is 294 g/mol. The second-order valence-electron chi connectivity index (χ2n) is 6.10. The number of nitrogens with one attached hydrogen (secondary N) is 1. The van der Waals surface area contributed by atoms with Crippen LogP contribution in [0.5, 0.6) is 0 Å². The highest BCUT2D eigenvalue weighted by molar-refractivity contribution is 5.94. The highest BCUT2D eigenvalue weighted by atomic mass is 16.2. The van der Waals surface area contributed by atoms with Gasteiger partial charge < -0.3 is 10.2 Å². The average Bonchev–Trinajstić information content (AvgIpc) is 3.00. The fraction of sp³-hybridized carbons (Fsp3) is 0.316. The van der Waals surface area contributed by atoms with Crippen LogP contribution < -0.4 is 5.32 Å². The number of nitrogens with zero attached hydrogens (tertiary/aromatic N) is 1. The molecule has 0 saturated heterocycles. The summed E-state index contributed by atoms with van der Waals surface area (Å²) >= 11 is 0. The number of hydrogen-bond donors (Lipinski definition) is 1. The quantitative estimate of drug-likeness (QED) is 0.938. The normalized spacial score (nSPS) is 13.2. The van der Waals surface area contributed by atoms with E-state index in [-0.39, 0.29) is 11.9 Å². The van der Waals surface area contributed by atoms with Crippen molar-refractivity contribution in [2.45, 2.75) is 39.5 Å². The van der Waals surface area contributed by atoms with Crippen LogP contribution in [-0.2, 0) is 19.6 Å². The van der Waals surface area contributed by atoms with Crippen LogP contribution >= 0.6 is 0 Å². The first-order valence-electron chi connectivity index (χ1n) is 7.82. The second-order valence-corrected chi connectivity index (χ2v) is 6.10. The van der Waals surface area contributed by atoms with Crippen molar-refractivity contribution in [3.05, 3.63) is 70.8 Å². The summed E-state index contributed by atoms with van der Waals surface area (Å²) in [5, 5.41) is 3.32. The summed E-state index contributed by atoms with van der Waals surface area (Å²) in [5.41, 5.74) is 4.49. The van der Waals surface area contributed by atoms with Crippen molar-refractivity contribution < 1.29 is 4.79 Å². The van der Waals surface area contributed by atoms with Gasteiger partial charge in [0, 0.05) is 31.2 Å². The van der Waals surface area contributed by atoms with E-state index in [1.165, 1.54) is 11.1 Å². The molecule has 0 fully saturated rings. The smallest absolute Gasteiger partial charge is 0.254 e. The van der Waals surface area contributed by atoms with Gasteiger partial charge in [0.2, 0.25) is 0 Å². The zero-order valence-electron chi connectivity index (χ0n) is 13.2. The minimum atomic E-state index is 0.105. The summed E-state index contributed by atoms with van der Waals surface area (Å²) in [7, 11) is 0. The van der Waals surface area contributed by atoms with E-state index in [0.29, 0.717) is 6.54 Å². The van der Waals surface area contributed by atoms with Crippen molar-refractivity contribution in [3.8, 4) is 0 Å². The van der Waals surface area contributed by atoms with Crippen molar-refractivity contribution >= 4 is 5.91 Å². The topological polar surface area (TPSA) is 32.3 Å². The molecule has 2 aromatic carbocycles. The molecule has 2 aromatic rings. The van der Waals surface area contributed by atoms with Crippen LogP contribution in [0.25, 0.3) is 0 Å². The summed E-state index contributed by atoms with van der Waals surface area (Å²) in [6, 6.07) is 16.4. The van der Waals surface area contributed by atoms with Gasteiger partial charge in [0.25, 0.3) is 5.91 Å². The molecular formula is C19H22N2O. The minimum Gasteiger partial charge on any atom is -0.332 e. The number of hydrogen-bond acceptors (Lipinski definition) is 2. The predicted octanol–water partition coefficient (Wildman–Crippen LogP) is 3.34. The van der Waals surface area contributed by atoms with Crippen LogP contribution in [0.3, 0.4) is 0 Å². The summed E-state index contributed by atoms with van der Waals surface area (Å²) in [6.07, 6.45) is 0. The van der Waals surface area contributed by atoms with Crippen molar-refractivity contribution in [2.24, 2.45) is 0 Å².